The van der Waals surface area contributed by atoms with E-state index in [2.05, 4.69) is 25.3 Å². The molecule has 0 amide bonds. The first-order valence-corrected chi connectivity index (χ1v) is 7.13. The molecular weight excluding hydrogens is 192 g/mol. The van der Waals surface area contributed by atoms with E-state index in [4.69, 9.17) is 0 Å². The highest BCUT2D eigenvalue weighted by Crippen LogP contribution is 2.27. The van der Waals surface area contributed by atoms with Gasteiger partial charge in [-0.25, -0.2) is 0 Å². The third kappa shape index (κ3) is 5.01. The largest absolute Gasteiger partial charge is 0.103 e. The first kappa shape index (κ1) is 13.5. The zero-order valence-electron chi connectivity index (χ0n) is 10.8. The Bertz CT molecular complexity index is 170. The Morgan fingerprint density at radius 2 is 0.875 bits per heavy atom. The van der Waals surface area contributed by atoms with Crippen molar-refractivity contribution in [2.24, 2.45) is 11.8 Å². The molecule has 0 spiro atoms. The minimum Gasteiger partial charge on any atom is -0.103 e. The topological polar surface area (TPSA) is 0 Å². The van der Waals surface area contributed by atoms with Gasteiger partial charge in [0.15, 0.2) is 0 Å². The molecule has 1 fully saturated rings. The van der Waals surface area contributed by atoms with Gasteiger partial charge >= 0.3 is 0 Å². The van der Waals surface area contributed by atoms with Crippen molar-refractivity contribution in [1.29, 1.82) is 0 Å². The first-order valence-electron chi connectivity index (χ1n) is 7.13. The number of rotatable bonds is 2. The molecule has 0 nitrogen and oxygen atoms in total. The SMILES string of the molecule is C=CC1CCCCCCCCCCC1C=C. The van der Waals surface area contributed by atoms with Crippen LogP contribution in [0.25, 0.3) is 0 Å². The fraction of sp³-hybridized carbons (Fsp3) is 0.750. The summed E-state index contributed by atoms with van der Waals surface area (Å²) in [5, 5.41) is 0. The predicted octanol–water partition coefficient (Wildman–Crippen LogP) is 5.51. The Kier molecular flexibility index (Phi) is 7.29. The van der Waals surface area contributed by atoms with Crippen molar-refractivity contribution in [2.45, 2.75) is 64.2 Å². The zero-order valence-corrected chi connectivity index (χ0v) is 10.8. The van der Waals surface area contributed by atoms with Crippen LogP contribution in [0.2, 0.25) is 0 Å². The summed E-state index contributed by atoms with van der Waals surface area (Å²) in [5.74, 6) is 1.36. The summed E-state index contributed by atoms with van der Waals surface area (Å²) in [6.45, 7) is 8.01. The van der Waals surface area contributed by atoms with Crippen LogP contribution in [-0.2, 0) is 0 Å². The van der Waals surface area contributed by atoms with Gasteiger partial charge in [-0.05, 0) is 24.7 Å². The molecule has 1 rings (SSSR count). The first-order chi connectivity index (χ1) is 7.88. The van der Waals surface area contributed by atoms with E-state index in [0.717, 1.165) is 0 Å². The van der Waals surface area contributed by atoms with E-state index in [9.17, 15) is 0 Å². The van der Waals surface area contributed by atoms with Crippen LogP contribution in [-0.4, -0.2) is 0 Å². The average molecular weight is 220 g/mol. The van der Waals surface area contributed by atoms with Gasteiger partial charge in [0, 0.05) is 0 Å². The molecular formula is C16H28. The molecule has 92 valence electrons. The maximum Gasteiger partial charge on any atom is -0.0173 e. The van der Waals surface area contributed by atoms with E-state index in [1.54, 1.807) is 0 Å². The van der Waals surface area contributed by atoms with Crippen molar-refractivity contribution < 1.29 is 0 Å². The maximum absolute atomic E-state index is 4.00. The number of hydrogen-bond donors (Lipinski definition) is 0. The summed E-state index contributed by atoms with van der Waals surface area (Å²) in [6, 6.07) is 0. The number of hydrogen-bond acceptors (Lipinski definition) is 0. The Morgan fingerprint density at radius 3 is 1.19 bits per heavy atom. The molecule has 1 aliphatic carbocycles. The molecule has 0 aromatic carbocycles. The van der Waals surface area contributed by atoms with E-state index in [1.165, 1.54) is 64.2 Å². The Hall–Kier alpha value is -0.520. The highest BCUT2D eigenvalue weighted by molar-refractivity contribution is 4.93. The van der Waals surface area contributed by atoms with E-state index >= 15 is 0 Å². The van der Waals surface area contributed by atoms with Crippen LogP contribution in [0.15, 0.2) is 25.3 Å². The van der Waals surface area contributed by atoms with Crippen molar-refractivity contribution in [3.05, 3.63) is 25.3 Å². The fourth-order valence-corrected chi connectivity index (χ4v) is 2.83. The van der Waals surface area contributed by atoms with Gasteiger partial charge in [0.05, 0.1) is 0 Å². The van der Waals surface area contributed by atoms with Crippen LogP contribution < -0.4 is 0 Å². The summed E-state index contributed by atoms with van der Waals surface area (Å²) in [4.78, 5) is 0. The average Bonchev–Trinajstić information content (AvgIpc) is 2.30. The maximum atomic E-state index is 4.00. The molecule has 0 heteroatoms. The predicted molar refractivity (Wildman–Crippen MR) is 73.5 cm³/mol. The van der Waals surface area contributed by atoms with E-state index in [-0.39, 0.29) is 0 Å². The third-order valence-corrected chi connectivity index (χ3v) is 3.98. The molecule has 0 aromatic rings. The van der Waals surface area contributed by atoms with Crippen LogP contribution in [0.3, 0.4) is 0 Å². The smallest absolute Gasteiger partial charge is 0.0173 e. The Balaban J connectivity index is 2.44. The summed E-state index contributed by atoms with van der Waals surface area (Å²) in [5.41, 5.74) is 0. The van der Waals surface area contributed by atoms with Gasteiger partial charge < -0.3 is 0 Å². The van der Waals surface area contributed by atoms with Crippen molar-refractivity contribution in [3.8, 4) is 0 Å². The van der Waals surface area contributed by atoms with Crippen molar-refractivity contribution in [1.82, 2.24) is 0 Å². The third-order valence-electron chi connectivity index (χ3n) is 3.98. The standard InChI is InChI=1S/C16H28/c1-3-15-13-11-9-7-5-6-8-10-12-14-16(15)4-2/h3-4,15-16H,1-2,5-14H2. The summed E-state index contributed by atoms with van der Waals surface area (Å²) >= 11 is 0. The lowest BCUT2D eigenvalue weighted by atomic mass is 9.83. The second-order valence-electron chi connectivity index (χ2n) is 5.20. The summed E-state index contributed by atoms with van der Waals surface area (Å²) < 4.78 is 0. The van der Waals surface area contributed by atoms with Crippen LogP contribution in [0.5, 0.6) is 0 Å². The molecule has 0 aliphatic heterocycles. The highest BCUT2D eigenvalue weighted by Gasteiger charge is 2.15. The minimum atomic E-state index is 0.678. The van der Waals surface area contributed by atoms with Gasteiger partial charge in [-0.15, -0.1) is 13.2 Å². The molecule has 0 heterocycles. The lowest BCUT2D eigenvalue weighted by Gasteiger charge is -2.22. The minimum absolute atomic E-state index is 0.678. The van der Waals surface area contributed by atoms with Crippen LogP contribution in [0.1, 0.15) is 64.2 Å². The van der Waals surface area contributed by atoms with Crippen molar-refractivity contribution in [2.75, 3.05) is 0 Å². The molecule has 0 radical (unpaired) electrons. The van der Waals surface area contributed by atoms with Gasteiger partial charge in [0.2, 0.25) is 0 Å². The normalized spacial score (nSPS) is 29.8. The molecule has 1 saturated carbocycles. The van der Waals surface area contributed by atoms with Crippen molar-refractivity contribution in [3.63, 3.8) is 0 Å². The fourth-order valence-electron chi connectivity index (χ4n) is 2.83. The van der Waals surface area contributed by atoms with E-state index in [0.29, 0.717) is 11.8 Å². The quantitative estimate of drug-likeness (QED) is 0.539. The molecule has 0 aromatic heterocycles. The molecule has 0 bridgehead atoms. The molecule has 2 unspecified atom stereocenters. The molecule has 1 aliphatic rings. The molecule has 0 N–H and O–H groups in total. The van der Waals surface area contributed by atoms with Crippen LogP contribution in [0, 0.1) is 11.8 Å². The molecule has 0 saturated heterocycles. The highest BCUT2D eigenvalue weighted by atomic mass is 14.2. The van der Waals surface area contributed by atoms with Gasteiger partial charge in [0.25, 0.3) is 0 Å². The van der Waals surface area contributed by atoms with Crippen molar-refractivity contribution >= 4 is 0 Å². The van der Waals surface area contributed by atoms with Gasteiger partial charge in [-0.1, -0.05) is 63.5 Å². The second-order valence-corrected chi connectivity index (χ2v) is 5.20. The molecule has 16 heavy (non-hydrogen) atoms. The summed E-state index contributed by atoms with van der Waals surface area (Å²) in [7, 11) is 0. The number of allylic oxidation sites excluding steroid dienone is 2. The van der Waals surface area contributed by atoms with E-state index in [1.807, 2.05) is 0 Å². The molecule has 2 atom stereocenters. The van der Waals surface area contributed by atoms with Gasteiger partial charge in [-0.2, -0.15) is 0 Å². The monoisotopic (exact) mass is 220 g/mol. The lowest BCUT2D eigenvalue weighted by molar-refractivity contribution is 0.379. The van der Waals surface area contributed by atoms with Crippen LogP contribution >= 0.6 is 0 Å². The Labute approximate surface area is 102 Å². The van der Waals surface area contributed by atoms with Gasteiger partial charge in [0.1, 0.15) is 0 Å². The Morgan fingerprint density at radius 1 is 0.562 bits per heavy atom. The van der Waals surface area contributed by atoms with Gasteiger partial charge in [-0.3, -0.25) is 0 Å². The second kappa shape index (κ2) is 8.61. The zero-order chi connectivity index (χ0) is 11.6. The summed E-state index contributed by atoms with van der Waals surface area (Å²) in [6.07, 6.45) is 18.3. The van der Waals surface area contributed by atoms with Crippen LogP contribution in [0.4, 0.5) is 0 Å². The lowest BCUT2D eigenvalue weighted by Crippen LogP contribution is -2.10. The van der Waals surface area contributed by atoms with E-state index < -0.39 is 0 Å².